The van der Waals surface area contributed by atoms with Crippen molar-refractivity contribution in [2.24, 2.45) is 0 Å². The second kappa shape index (κ2) is 3.47. The molecule has 0 saturated carbocycles. The minimum atomic E-state index is 0.281. The van der Waals surface area contributed by atoms with Gasteiger partial charge < -0.3 is 0 Å². The number of rotatable bonds is 2. The van der Waals surface area contributed by atoms with E-state index in [4.69, 9.17) is 0 Å². The average Bonchev–Trinajstić information content (AvgIpc) is 1.61. The van der Waals surface area contributed by atoms with Crippen molar-refractivity contribution in [2.45, 2.75) is 6.92 Å². The van der Waals surface area contributed by atoms with Crippen LogP contribution in [0, 0.1) is 6.33 Å². The molecule has 0 amide bonds. The quantitative estimate of drug-likeness (QED) is 0.374. The van der Waals surface area contributed by atoms with E-state index in [2.05, 4.69) is 11.3 Å². The molecule has 7 heavy (non-hydrogen) atoms. The molecule has 0 bridgehead atoms. The fourth-order valence-corrected chi connectivity index (χ4v) is 0.153. The van der Waals surface area contributed by atoms with Crippen LogP contribution in [0.3, 0.4) is 0 Å². The minimum absolute atomic E-state index is 0.281. The van der Waals surface area contributed by atoms with Crippen LogP contribution in [0.2, 0.25) is 0 Å². The first kappa shape index (κ1) is 6.28. The Morgan fingerprint density at radius 3 is 2.71 bits per heavy atom. The summed E-state index contributed by atoms with van der Waals surface area (Å²) in [6, 6.07) is 0. The summed E-state index contributed by atoms with van der Waals surface area (Å²) in [4.78, 5) is 0. The van der Waals surface area contributed by atoms with Crippen molar-refractivity contribution in [2.75, 3.05) is 6.61 Å². The fraction of sp³-hybridized carbons (Fsp3) is 0.400. The van der Waals surface area contributed by atoms with Gasteiger partial charge in [-0.1, -0.05) is 0 Å². The molecule has 0 spiro atoms. The maximum absolute atomic E-state index is 9.32. The molecule has 0 atom stereocenters. The molecule has 0 N–H and O–H groups in total. The Balaban J connectivity index is 3.02. The molecule has 0 aromatic carbocycles. The second-order valence-corrected chi connectivity index (χ2v) is 1.33. The SMILES string of the molecule is C=C(C)COC#[O+]. The summed E-state index contributed by atoms with van der Waals surface area (Å²) < 4.78 is 13.5. The molecule has 0 aliphatic rings. The fourth-order valence-electron chi connectivity index (χ4n) is 0.153. The van der Waals surface area contributed by atoms with Crippen molar-refractivity contribution < 1.29 is 9.39 Å². The van der Waals surface area contributed by atoms with E-state index >= 15 is 0 Å². The molecule has 0 saturated heterocycles. The van der Waals surface area contributed by atoms with Crippen LogP contribution in [-0.4, -0.2) is 6.61 Å². The first-order valence-corrected chi connectivity index (χ1v) is 1.90. The molecule has 0 aromatic rings. The van der Waals surface area contributed by atoms with E-state index in [1.807, 2.05) is 0 Å². The third-order valence-electron chi connectivity index (χ3n) is 0.377. The average molecular weight is 99.1 g/mol. The standard InChI is InChI=1S/C5H7O2/c1-5(2)3-7-4-6/h1,3H2,2H3/q+1. The van der Waals surface area contributed by atoms with Gasteiger partial charge in [-0.3, -0.25) is 0 Å². The zero-order valence-corrected chi connectivity index (χ0v) is 4.23. The summed E-state index contributed by atoms with van der Waals surface area (Å²) in [6.07, 6.45) is 1.29. The van der Waals surface area contributed by atoms with Gasteiger partial charge >= 0.3 is 41.4 Å². The van der Waals surface area contributed by atoms with Gasteiger partial charge in [-0.25, -0.2) is 0 Å². The van der Waals surface area contributed by atoms with Crippen LogP contribution in [0.1, 0.15) is 6.92 Å². The van der Waals surface area contributed by atoms with Crippen molar-refractivity contribution in [3.63, 3.8) is 0 Å². The van der Waals surface area contributed by atoms with Gasteiger partial charge in [0.05, 0.1) is 0 Å². The Labute approximate surface area is 42.5 Å². The summed E-state index contributed by atoms with van der Waals surface area (Å²) >= 11 is 0. The van der Waals surface area contributed by atoms with Gasteiger partial charge in [0.25, 0.3) is 0 Å². The first-order valence-electron chi connectivity index (χ1n) is 1.90. The summed E-state index contributed by atoms with van der Waals surface area (Å²) in [5, 5.41) is 0. The molecule has 38 valence electrons. The molecular formula is C5H7O2+. The van der Waals surface area contributed by atoms with Gasteiger partial charge in [0.1, 0.15) is 0 Å². The van der Waals surface area contributed by atoms with Crippen molar-refractivity contribution in [3.8, 4) is 6.33 Å². The zero-order valence-electron chi connectivity index (χ0n) is 4.23. The Morgan fingerprint density at radius 2 is 2.57 bits per heavy atom. The van der Waals surface area contributed by atoms with Gasteiger partial charge in [-0.2, -0.15) is 0 Å². The van der Waals surface area contributed by atoms with Crippen LogP contribution >= 0.6 is 0 Å². The van der Waals surface area contributed by atoms with E-state index in [0.717, 1.165) is 5.57 Å². The topological polar surface area (TPSA) is 29.1 Å². The summed E-state index contributed by atoms with van der Waals surface area (Å²) in [5.74, 6) is 0. The molecule has 0 fully saturated rings. The van der Waals surface area contributed by atoms with E-state index in [1.54, 1.807) is 6.92 Å². The van der Waals surface area contributed by atoms with Gasteiger partial charge in [0, 0.05) is 0 Å². The Kier molecular flexibility index (Phi) is 3.11. The Morgan fingerprint density at radius 1 is 2.00 bits per heavy atom. The van der Waals surface area contributed by atoms with Crippen LogP contribution in [0.4, 0.5) is 0 Å². The van der Waals surface area contributed by atoms with Crippen molar-refractivity contribution in [3.05, 3.63) is 12.2 Å². The molecule has 0 radical (unpaired) electrons. The summed E-state index contributed by atoms with van der Waals surface area (Å²) in [7, 11) is 0. The normalized spacial score (nSPS) is 6.86. The van der Waals surface area contributed by atoms with Crippen molar-refractivity contribution in [1.82, 2.24) is 0 Å². The molecule has 0 heterocycles. The second-order valence-electron chi connectivity index (χ2n) is 1.33. The van der Waals surface area contributed by atoms with E-state index in [-0.39, 0.29) is 6.61 Å². The molecule has 2 heteroatoms. The van der Waals surface area contributed by atoms with Crippen molar-refractivity contribution in [1.29, 1.82) is 0 Å². The zero-order chi connectivity index (χ0) is 5.70. The molecule has 2 nitrogen and oxygen atoms in total. The van der Waals surface area contributed by atoms with Crippen molar-refractivity contribution >= 4 is 0 Å². The van der Waals surface area contributed by atoms with Crippen LogP contribution < -0.4 is 0 Å². The number of hydrogen-bond acceptors (Lipinski definition) is 1. The maximum atomic E-state index is 9.32. The molecule has 0 rings (SSSR count). The molecule has 0 unspecified atom stereocenters. The van der Waals surface area contributed by atoms with Gasteiger partial charge in [0.15, 0.2) is 0 Å². The molecule has 0 aromatic heterocycles. The van der Waals surface area contributed by atoms with E-state index in [1.165, 1.54) is 6.33 Å². The van der Waals surface area contributed by atoms with Crippen LogP contribution in [0.15, 0.2) is 12.2 Å². The third kappa shape index (κ3) is 5.28. The Hall–Kier alpha value is -0.720. The molecular weight excluding hydrogens is 92.1 g/mol. The van der Waals surface area contributed by atoms with E-state index < -0.39 is 0 Å². The number of hydrogen-bond donors (Lipinski definition) is 0. The molecule has 0 aliphatic heterocycles. The van der Waals surface area contributed by atoms with Gasteiger partial charge in [0.2, 0.25) is 0 Å². The van der Waals surface area contributed by atoms with Crippen LogP contribution in [0.5, 0.6) is 0 Å². The predicted octanol–water partition coefficient (Wildman–Crippen LogP) is 0.926. The third-order valence-corrected chi connectivity index (χ3v) is 0.377. The van der Waals surface area contributed by atoms with Gasteiger partial charge in [-0.05, 0) is 0 Å². The summed E-state index contributed by atoms with van der Waals surface area (Å²) in [6.45, 7) is 5.55. The first-order chi connectivity index (χ1) is 3.27. The molecule has 0 aliphatic carbocycles. The predicted molar refractivity (Wildman–Crippen MR) is 25.3 cm³/mol. The van der Waals surface area contributed by atoms with E-state index in [9.17, 15) is 4.65 Å². The number of ether oxygens (including phenoxy) is 1. The van der Waals surface area contributed by atoms with E-state index in [0.29, 0.717) is 0 Å². The summed E-state index contributed by atoms with van der Waals surface area (Å²) in [5.41, 5.74) is 0.823. The monoisotopic (exact) mass is 99.0 g/mol. The van der Waals surface area contributed by atoms with Gasteiger partial charge in [-0.15, -0.1) is 0 Å². The van der Waals surface area contributed by atoms with Crippen LogP contribution in [-0.2, 0) is 9.39 Å². The Bertz CT molecular complexity index is 99.1. The van der Waals surface area contributed by atoms with Crippen LogP contribution in [0.25, 0.3) is 0 Å².